The van der Waals surface area contributed by atoms with Gasteiger partial charge in [-0.1, -0.05) is 18.2 Å². The fourth-order valence-corrected chi connectivity index (χ4v) is 3.72. The van der Waals surface area contributed by atoms with Crippen molar-refractivity contribution in [3.8, 4) is 0 Å². The van der Waals surface area contributed by atoms with E-state index in [1.165, 1.54) is 6.26 Å². The molecule has 3 amide bonds. The second-order valence-electron chi connectivity index (χ2n) is 7.02. The van der Waals surface area contributed by atoms with Gasteiger partial charge in [0, 0.05) is 25.3 Å². The average Bonchev–Trinajstić information content (AvgIpc) is 3.24. The molecule has 27 heavy (non-hydrogen) atoms. The van der Waals surface area contributed by atoms with Gasteiger partial charge in [-0.05, 0) is 37.1 Å². The van der Waals surface area contributed by atoms with Crippen molar-refractivity contribution in [3.63, 3.8) is 0 Å². The maximum absolute atomic E-state index is 12.6. The monoisotopic (exact) mass is 369 g/mol. The fourth-order valence-electron chi connectivity index (χ4n) is 3.72. The molecule has 0 bridgehead atoms. The molecule has 2 fully saturated rings. The Hall–Kier alpha value is -2.80. The van der Waals surface area contributed by atoms with Crippen molar-refractivity contribution < 1.29 is 18.7 Å². The molecule has 3 heterocycles. The number of anilines is 1. The third kappa shape index (κ3) is 3.83. The van der Waals surface area contributed by atoms with Gasteiger partial charge in [0.15, 0.2) is 5.76 Å². The van der Waals surface area contributed by atoms with Crippen LogP contribution in [0.2, 0.25) is 0 Å². The van der Waals surface area contributed by atoms with Gasteiger partial charge < -0.3 is 24.3 Å². The predicted molar refractivity (Wildman–Crippen MR) is 99.6 cm³/mol. The maximum atomic E-state index is 12.6. The maximum Gasteiger partial charge on any atom is 0.322 e. The molecule has 2 saturated heterocycles. The van der Waals surface area contributed by atoms with Crippen LogP contribution in [0, 0.1) is 0 Å². The molecule has 7 nitrogen and oxygen atoms in total. The summed E-state index contributed by atoms with van der Waals surface area (Å²) in [6.07, 6.45) is 2.91. The Bertz CT molecular complexity index is 783. The first-order chi connectivity index (χ1) is 13.2. The van der Waals surface area contributed by atoms with E-state index in [0.717, 1.165) is 5.69 Å². The van der Waals surface area contributed by atoms with Crippen LogP contribution in [0.3, 0.4) is 0 Å². The van der Waals surface area contributed by atoms with Gasteiger partial charge in [-0.3, -0.25) is 4.79 Å². The lowest BCUT2D eigenvalue weighted by molar-refractivity contribution is -0.121. The number of urea groups is 1. The molecular formula is C20H23N3O4. The Morgan fingerprint density at radius 3 is 2.44 bits per heavy atom. The zero-order valence-electron chi connectivity index (χ0n) is 15.1. The van der Waals surface area contributed by atoms with E-state index in [0.29, 0.717) is 51.4 Å². The Balaban J connectivity index is 1.35. The van der Waals surface area contributed by atoms with Crippen LogP contribution in [0.15, 0.2) is 53.1 Å². The molecule has 142 valence electrons. The Kier molecular flexibility index (Phi) is 4.85. The number of likely N-dealkylation sites (tertiary alicyclic amines) is 1. The number of piperidine rings is 1. The van der Waals surface area contributed by atoms with Gasteiger partial charge >= 0.3 is 6.03 Å². The van der Waals surface area contributed by atoms with Gasteiger partial charge in [0.2, 0.25) is 0 Å². The standard InChI is InChI=1S/C20H23N3O4/c24-18(17-7-4-13-26-17)22-10-8-20(9-11-22)15-23(12-14-27-20)19(25)21-16-5-2-1-3-6-16/h1-7,13H,8-12,14-15H2,(H,21,25). The largest absolute Gasteiger partial charge is 0.459 e. The van der Waals surface area contributed by atoms with Crippen molar-refractivity contribution in [3.05, 3.63) is 54.5 Å². The van der Waals surface area contributed by atoms with E-state index in [9.17, 15) is 9.59 Å². The summed E-state index contributed by atoms with van der Waals surface area (Å²) in [5.74, 6) is 0.267. The third-order valence-corrected chi connectivity index (χ3v) is 5.25. The molecule has 7 heteroatoms. The summed E-state index contributed by atoms with van der Waals surface area (Å²) in [7, 11) is 0. The van der Waals surface area contributed by atoms with Crippen LogP contribution >= 0.6 is 0 Å². The number of morpholine rings is 1. The molecule has 1 aromatic heterocycles. The Morgan fingerprint density at radius 1 is 0.963 bits per heavy atom. The summed E-state index contributed by atoms with van der Waals surface area (Å²) in [4.78, 5) is 28.6. The summed E-state index contributed by atoms with van der Waals surface area (Å²) < 4.78 is 11.3. The molecule has 0 radical (unpaired) electrons. The van der Waals surface area contributed by atoms with Crippen molar-refractivity contribution in [2.24, 2.45) is 0 Å². The van der Waals surface area contributed by atoms with E-state index < -0.39 is 0 Å². The van der Waals surface area contributed by atoms with Crippen molar-refractivity contribution >= 4 is 17.6 Å². The minimum Gasteiger partial charge on any atom is -0.459 e. The minimum atomic E-state index is -0.383. The molecule has 4 rings (SSSR count). The van der Waals surface area contributed by atoms with E-state index in [1.54, 1.807) is 21.9 Å². The smallest absolute Gasteiger partial charge is 0.322 e. The lowest BCUT2D eigenvalue weighted by atomic mass is 9.89. The molecule has 1 aromatic carbocycles. The molecular weight excluding hydrogens is 346 g/mol. The first kappa shape index (κ1) is 17.6. The van der Waals surface area contributed by atoms with Crippen LogP contribution in [-0.4, -0.2) is 60.1 Å². The number of nitrogens with one attached hydrogen (secondary N) is 1. The van der Waals surface area contributed by atoms with Crippen molar-refractivity contribution in [1.82, 2.24) is 9.80 Å². The number of carbonyl (C=O) groups excluding carboxylic acids is 2. The summed E-state index contributed by atoms with van der Waals surface area (Å²) >= 11 is 0. The molecule has 2 aliphatic heterocycles. The second-order valence-corrected chi connectivity index (χ2v) is 7.02. The van der Waals surface area contributed by atoms with Crippen LogP contribution < -0.4 is 5.32 Å². The first-order valence-electron chi connectivity index (χ1n) is 9.23. The quantitative estimate of drug-likeness (QED) is 0.883. The van der Waals surface area contributed by atoms with Crippen molar-refractivity contribution in [2.45, 2.75) is 18.4 Å². The Labute approximate surface area is 157 Å². The molecule has 0 atom stereocenters. The highest BCUT2D eigenvalue weighted by Crippen LogP contribution is 2.31. The predicted octanol–water partition coefficient (Wildman–Crippen LogP) is 2.82. The highest BCUT2D eigenvalue weighted by Gasteiger charge is 2.42. The number of furan rings is 1. The van der Waals surface area contributed by atoms with Gasteiger partial charge in [0.1, 0.15) is 0 Å². The lowest BCUT2D eigenvalue weighted by Gasteiger charge is -2.47. The number of ether oxygens (including phenoxy) is 1. The molecule has 0 unspecified atom stereocenters. The van der Waals surface area contributed by atoms with Crippen molar-refractivity contribution in [2.75, 3.05) is 38.1 Å². The number of carbonyl (C=O) groups is 2. The number of para-hydroxylation sites is 1. The molecule has 0 saturated carbocycles. The van der Waals surface area contributed by atoms with E-state index in [2.05, 4.69) is 5.32 Å². The number of hydrogen-bond acceptors (Lipinski definition) is 4. The summed E-state index contributed by atoms with van der Waals surface area (Å²) in [5.41, 5.74) is 0.397. The summed E-state index contributed by atoms with van der Waals surface area (Å²) in [6, 6.07) is 12.7. The molecule has 2 aliphatic rings. The number of hydrogen-bond donors (Lipinski definition) is 1. The molecule has 1 spiro atoms. The van der Waals surface area contributed by atoms with Crippen LogP contribution in [0.5, 0.6) is 0 Å². The lowest BCUT2D eigenvalue weighted by Crippen LogP contribution is -2.59. The fraction of sp³-hybridized carbons (Fsp3) is 0.400. The highest BCUT2D eigenvalue weighted by molar-refractivity contribution is 5.91. The van der Waals surface area contributed by atoms with E-state index in [1.807, 2.05) is 30.3 Å². The van der Waals surface area contributed by atoms with Gasteiger partial charge in [-0.15, -0.1) is 0 Å². The Morgan fingerprint density at radius 2 is 1.74 bits per heavy atom. The van der Waals surface area contributed by atoms with E-state index >= 15 is 0 Å². The van der Waals surface area contributed by atoms with Crippen LogP contribution in [0.25, 0.3) is 0 Å². The molecule has 1 N–H and O–H groups in total. The minimum absolute atomic E-state index is 0.0932. The van der Waals surface area contributed by atoms with Gasteiger partial charge in [0.25, 0.3) is 5.91 Å². The van der Waals surface area contributed by atoms with E-state index in [4.69, 9.17) is 9.15 Å². The second kappa shape index (κ2) is 7.44. The van der Waals surface area contributed by atoms with Crippen LogP contribution in [-0.2, 0) is 4.74 Å². The number of amides is 3. The van der Waals surface area contributed by atoms with Gasteiger partial charge in [0.05, 0.1) is 25.0 Å². The van der Waals surface area contributed by atoms with E-state index in [-0.39, 0.29) is 17.5 Å². The highest BCUT2D eigenvalue weighted by atomic mass is 16.5. The molecule has 0 aliphatic carbocycles. The average molecular weight is 369 g/mol. The SMILES string of the molecule is O=C(Nc1ccccc1)N1CCOC2(CCN(C(=O)c3ccco3)CC2)C1. The van der Waals surface area contributed by atoms with Crippen LogP contribution in [0.4, 0.5) is 10.5 Å². The topological polar surface area (TPSA) is 75.0 Å². The van der Waals surface area contributed by atoms with Crippen molar-refractivity contribution in [1.29, 1.82) is 0 Å². The zero-order valence-corrected chi connectivity index (χ0v) is 15.1. The third-order valence-electron chi connectivity index (χ3n) is 5.25. The summed E-state index contributed by atoms with van der Waals surface area (Å²) in [5, 5.41) is 2.93. The number of rotatable bonds is 2. The van der Waals surface area contributed by atoms with Crippen LogP contribution in [0.1, 0.15) is 23.4 Å². The first-order valence-corrected chi connectivity index (χ1v) is 9.23. The number of nitrogens with zero attached hydrogens (tertiary/aromatic N) is 2. The zero-order chi connectivity index (χ0) is 18.7. The molecule has 2 aromatic rings. The normalized spacial score (nSPS) is 19.1. The van der Waals surface area contributed by atoms with Gasteiger partial charge in [-0.25, -0.2) is 4.79 Å². The van der Waals surface area contributed by atoms with Gasteiger partial charge in [-0.2, -0.15) is 0 Å². The summed E-state index contributed by atoms with van der Waals surface area (Å²) in [6.45, 7) is 2.79. The number of benzene rings is 1.